The van der Waals surface area contributed by atoms with E-state index in [1.807, 2.05) is 62.1 Å². The second-order valence-corrected chi connectivity index (χ2v) is 12.4. The van der Waals surface area contributed by atoms with Gasteiger partial charge in [-0.25, -0.2) is 9.18 Å². The molecule has 6 rings (SSSR count). The molecule has 2 fully saturated rings. The van der Waals surface area contributed by atoms with Gasteiger partial charge in [0.15, 0.2) is 5.82 Å². The number of anilines is 1. The fraction of sp³-hybridized carbons (Fsp3) is 0.412. The molecule has 44 heavy (non-hydrogen) atoms. The van der Waals surface area contributed by atoms with Crippen molar-refractivity contribution in [3.05, 3.63) is 54.0 Å². The van der Waals surface area contributed by atoms with Crippen LogP contribution >= 0.6 is 0 Å². The molecule has 9 nitrogen and oxygen atoms in total. The third-order valence-corrected chi connectivity index (χ3v) is 8.27. The van der Waals surface area contributed by atoms with Crippen molar-refractivity contribution >= 4 is 33.6 Å². The second-order valence-electron chi connectivity index (χ2n) is 12.4. The molecule has 4 heterocycles. The minimum atomic E-state index is -0.581. The van der Waals surface area contributed by atoms with Crippen molar-refractivity contribution in [3.8, 4) is 29.6 Å². The number of nitrogens with zero attached hydrogens (tertiary/aromatic N) is 6. The number of aromatic nitrogens is 3. The van der Waals surface area contributed by atoms with Gasteiger partial charge in [0.05, 0.1) is 5.39 Å². The number of likely N-dealkylation sites (tertiary alicyclic amines) is 1. The predicted molar refractivity (Wildman–Crippen MR) is 169 cm³/mol. The lowest BCUT2D eigenvalue weighted by Crippen LogP contribution is -2.50. The number of terminal acetylenes is 1. The molecule has 4 aromatic rings. The lowest BCUT2D eigenvalue weighted by molar-refractivity contribution is 0.0240. The van der Waals surface area contributed by atoms with Crippen LogP contribution in [-0.2, 0) is 4.74 Å². The van der Waals surface area contributed by atoms with Crippen LogP contribution in [0.1, 0.15) is 39.2 Å². The monoisotopic (exact) mass is 596 g/mol. The van der Waals surface area contributed by atoms with Crippen molar-refractivity contribution in [1.82, 2.24) is 24.8 Å². The topological polar surface area (TPSA) is 83.9 Å². The molecule has 228 valence electrons. The summed E-state index contributed by atoms with van der Waals surface area (Å²) in [5.74, 6) is 2.68. The summed E-state index contributed by atoms with van der Waals surface area (Å²) in [4.78, 5) is 32.6. The molecule has 2 saturated heterocycles. The number of halogens is 1. The molecule has 0 aliphatic carbocycles. The van der Waals surface area contributed by atoms with Crippen LogP contribution in [0.2, 0.25) is 0 Å². The van der Waals surface area contributed by atoms with Crippen LogP contribution in [0.3, 0.4) is 0 Å². The second kappa shape index (κ2) is 11.9. The molecule has 0 spiro atoms. The smallest absolute Gasteiger partial charge is 0.410 e. The van der Waals surface area contributed by atoms with Gasteiger partial charge < -0.3 is 24.2 Å². The van der Waals surface area contributed by atoms with Crippen molar-refractivity contribution < 1.29 is 18.7 Å². The van der Waals surface area contributed by atoms with Gasteiger partial charge in [0.1, 0.15) is 29.2 Å². The summed E-state index contributed by atoms with van der Waals surface area (Å²) in [5.41, 5.74) is 0.959. The third kappa shape index (κ3) is 5.84. The molecule has 10 heteroatoms. The highest BCUT2D eigenvalue weighted by atomic mass is 19.1. The number of hydrogen-bond donors (Lipinski definition) is 0. The number of hydrogen-bond acceptors (Lipinski definition) is 8. The van der Waals surface area contributed by atoms with Gasteiger partial charge in [-0.15, -0.1) is 6.42 Å². The summed E-state index contributed by atoms with van der Waals surface area (Å²) in [7, 11) is 2.07. The maximum absolute atomic E-state index is 16.6. The van der Waals surface area contributed by atoms with Crippen LogP contribution in [-0.4, -0.2) is 88.9 Å². The Morgan fingerprint density at radius 1 is 1.09 bits per heavy atom. The van der Waals surface area contributed by atoms with Gasteiger partial charge in [0, 0.05) is 54.9 Å². The first-order chi connectivity index (χ1) is 21.1. The lowest BCUT2D eigenvalue weighted by atomic mass is 9.97. The van der Waals surface area contributed by atoms with Crippen molar-refractivity contribution in [2.45, 2.75) is 45.3 Å². The van der Waals surface area contributed by atoms with Crippen molar-refractivity contribution in [3.63, 3.8) is 0 Å². The van der Waals surface area contributed by atoms with E-state index in [1.165, 1.54) is 0 Å². The fourth-order valence-electron chi connectivity index (χ4n) is 5.96. The number of piperazine rings is 1. The van der Waals surface area contributed by atoms with E-state index in [4.69, 9.17) is 20.9 Å². The molecule has 0 saturated carbocycles. The number of carbonyl (C=O) groups excluding carboxylic acids is 1. The van der Waals surface area contributed by atoms with Crippen LogP contribution in [0.4, 0.5) is 15.0 Å². The highest BCUT2D eigenvalue weighted by Gasteiger charge is 2.29. The van der Waals surface area contributed by atoms with E-state index in [2.05, 4.69) is 27.8 Å². The summed E-state index contributed by atoms with van der Waals surface area (Å²) in [6.07, 6.45) is 9.21. The number of ether oxygens (including phenoxy) is 2. The SMILES string of the molecule is C#Cc1cccc2cccc(-c3ncc4c(N5CCN(C(=O)OC(C)(C)C)CC5)nc(OC[C@@H]5CCCN5C)nc4c3F)c12. The number of likely N-dealkylation sites (N-methyl/N-ethyl adjacent to an activating group) is 1. The molecular weight excluding hydrogens is 559 g/mol. The molecule has 1 amide bonds. The Kier molecular flexibility index (Phi) is 7.99. The van der Waals surface area contributed by atoms with Crippen LogP contribution in [0.5, 0.6) is 6.01 Å². The Hall–Kier alpha value is -4.49. The van der Waals surface area contributed by atoms with E-state index < -0.39 is 11.4 Å². The van der Waals surface area contributed by atoms with Crippen LogP contribution in [0.15, 0.2) is 42.6 Å². The Balaban J connectivity index is 1.40. The molecule has 2 aliphatic heterocycles. The van der Waals surface area contributed by atoms with Gasteiger partial charge in [-0.3, -0.25) is 4.98 Å². The molecule has 2 aromatic carbocycles. The first-order valence-electron chi connectivity index (χ1n) is 15.0. The van der Waals surface area contributed by atoms with Crippen molar-refractivity contribution in [2.75, 3.05) is 51.3 Å². The fourth-order valence-corrected chi connectivity index (χ4v) is 5.96. The number of amides is 1. The van der Waals surface area contributed by atoms with Gasteiger partial charge in [-0.05, 0) is 58.7 Å². The Bertz CT molecular complexity index is 1750. The van der Waals surface area contributed by atoms with E-state index in [-0.39, 0.29) is 29.4 Å². The summed E-state index contributed by atoms with van der Waals surface area (Å²) in [6, 6.07) is 11.7. The zero-order valence-corrected chi connectivity index (χ0v) is 25.6. The zero-order chi connectivity index (χ0) is 31.0. The first-order valence-corrected chi connectivity index (χ1v) is 15.0. The quantitative estimate of drug-likeness (QED) is 0.280. The number of benzene rings is 2. The predicted octanol–water partition coefficient (Wildman–Crippen LogP) is 5.50. The van der Waals surface area contributed by atoms with Gasteiger partial charge in [0.2, 0.25) is 0 Å². The van der Waals surface area contributed by atoms with E-state index in [1.54, 1.807) is 11.1 Å². The molecule has 2 aliphatic rings. The molecule has 1 atom stereocenters. The molecule has 2 aromatic heterocycles. The zero-order valence-electron chi connectivity index (χ0n) is 25.6. The standard InChI is InChI=1S/C34H37FN6O3/c1-6-22-10-7-11-23-12-8-14-25(27(22)23)29-28(35)30-26(20-36-29)31(38-32(37-30)43-21-24-13-9-15-39(24)5)40-16-18-41(19-17-40)33(42)44-34(2,3)4/h1,7-8,10-12,14,20,24H,9,13,15-19,21H2,2-5H3/t24-/m0/s1. The number of pyridine rings is 1. The molecule has 0 radical (unpaired) electrons. The highest BCUT2D eigenvalue weighted by molar-refractivity contribution is 6.02. The number of rotatable bonds is 5. The van der Waals surface area contributed by atoms with Crippen LogP contribution in [0.25, 0.3) is 32.9 Å². The normalized spacial score (nSPS) is 17.7. The van der Waals surface area contributed by atoms with Crippen molar-refractivity contribution in [1.29, 1.82) is 0 Å². The number of fused-ring (bicyclic) bond motifs is 2. The molecular formula is C34H37FN6O3. The minimum Gasteiger partial charge on any atom is -0.462 e. The van der Waals surface area contributed by atoms with E-state index in [0.717, 1.165) is 30.2 Å². The lowest BCUT2D eigenvalue weighted by Gasteiger charge is -2.36. The van der Waals surface area contributed by atoms with Gasteiger partial charge >= 0.3 is 12.1 Å². The number of carbonyl (C=O) groups is 1. The molecule has 0 unspecified atom stereocenters. The van der Waals surface area contributed by atoms with E-state index in [0.29, 0.717) is 55.1 Å². The Morgan fingerprint density at radius 2 is 1.84 bits per heavy atom. The van der Waals surface area contributed by atoms with Gasteiger partial charge in [0.25, 0.3) is 0 Å². The highest BCUT2D eigenvalue weighted by Crippen LogP contribution is 2.36. The maximum Gasteiger partial charge on any atom is 0.410 e. The largest absolute Gasteiger partial charge is 0.462 e. The minimum absolute atomic E-state index is 0.112. The van der Waals surface area contributed by atoms with E-state index >= 15 is 4.39 Å². The average Bonchev–Trinajstić information content (AvgIpc) is 3.43. The third-order valence-electron chi connectivity index (χ3n) is 8.27. The Morgan fingerprint density at radius 3 is 2.52 bits per heavy atom. The Labute approximate surface area is 257 Å². The van der Waals surface area contributed by atoms with Crippen LogP contribution in [0, 0.1) is 18.2 Å². The van der Waals surface area contributed by atoms with Gasteiger partial charge in [-0.1, -0.05) is 36.3 Å². The van der Waals surface area contributed by atoms with E-state index in [9.17, 15) is 4.79 Å². The van der Waals surface area contributed by atoms with Crippen molar-refractivity contribution in [2.24, 2.45) is 0 Å². The molecule has 0 N–H and O–H groups in total. The molecule has 0 bridgehead atoms. The average molecular weight is 597 g/mol. The summed E-state index contributed by atoms with van der Waals surface area (Å²) < 4.78 is 28.3. The van der Waals surface area contributed by atoms with Crippen LogP contribution < -0.4 is 9.64 Å². The van der Waals surface area contributed by atoms with Gasteiger partial charge in [-0.2, -0.15) is 9.97 Å². The summed E-state index contributed by atoms with van der Waals surface area (Å²) in [5, 5.41) is 2.13. The summed E-state index contributed by atoms with van der Waals surface area (Å²) >= 11 is 0. The maximum atomic E-state index is 16.6. The first kappa shape index (κ1) is 29.6. The summed E-state index contributed by atoms with van der Waals surface area (Å²) in [6.45, 7) is 8.78.